The number of amidine groups is 1. The molecule has 0 bridgehead atoms. The van der Waals surface area contributed by atoms with Crippen LogP contribution in [0, 0.1) is 11.7 Å². The molecule has 1 aromatic heterocycles. The Balaban J connectivity index is 1.68. The summed E-state index contributed by atoms with van der Waals surface area (Å²) in [5.41, 5.74) is 4.96. The van der Waals surface area contributed by atoms with Crippen LogP contribution >= 0.6 is 0 Å². The first-order valence-corrected chi connectivity index (χ1v) is 9.87. The minimum absolute atomic E-state index is 0.138. The number of nitrogens with one attached hydrogen (secondary N) is 1. The van der Waals surface area contributed by atoms with E-state index in [1.807, 2.05) is 6.92 Å². The lowest BCUT2D eigenvalue weighted by Gasteiger charge is -2.36. The van der Waals surface area contributed by atoms with Crippen molar-refractivity contribution in [2.24, 2.45) is 16.6 Å². The van der Waals surface area contributed by atoms with Crippen molar-refractivity contribution in [3.8, 4) is 0 Å². The summed E-state index contributed by atoms with van der Waals surface area (Å²) < 4.78 is 65.4. The number of ether oxygens (including phenoxy) is 2. The lowest BCUT2D eigenvalue weighted by molar-refractivity contribution is -0.219. The minimum atomic E-state index is -4.70. The molecule has 3 heterocycles. The minimum Gasteiger partial charge on any atom is -0.465 e. The normalized spacial score (nSPS) is 25.0. The number of fused-ring (bicyclic) bond motifs is 1. The van der Waals surface area contributed by atoms with Gasteiger partial charge in [0, 0.05) is 17.4 Å². The van der Waals surface area contributed by atoms with Crippen molar-refractivity contribution in [1.29, 1.82) is 0 Å². The summed E-state index contributed by atoms with van der Waals surface area (Å²) in [7, 11) is 0. The van der Waals surface area contributed by atoms with Crippen LogP contribution in [-0.2, 0) is 21.4 Å². The van der Waals surface area contributed by atoms with E-state index in [9.17, 15) is 22.4 Å². The average molecular weight is 452 g/mol. The number of aromatic nitrogens is 1. The SMILES string of the molecule is CCc1ccc(C(=O)Nc2ccc(F)c(C34CO[C@H](C(F)(F)F)[C@H]3COC(N)=N4)c2)nc1. The number of halogens is 4. The fraction of sp³-hybridized carbons (Fsp3) is 0.381. The zero-order valence-electron chi connectivity index (χ0n) is 16.9. The maximum Gasteiger partial charge on any atom is 0.415 e. The number of carbonyl (C=O) groups excluding carboxylic acids is 1. The fourth-order valence-electron chi connectivity index (χ4n) is 3.99. The quantitative estimate of drug-likeness (QED) is 0.695. The Bertz CT molecular complexity index is 1060. The summed E-state index contributed by atoms with van der Waals surface area (Å²) >= 11 is 0. The molecule has 170 valence electrons. The van der Waals surface area contributed by atoms with Gasteiger partial charge in [0.2, 0.25) is 0 Å². The van der Waals surface area contributed by atoms with E-state index in [0.29, 0.717) is 0 Å². The van der Waals surface area contributed by atoms with Gasteiger partial charge in [-0.3, -0.25) is 9.78 Å². The smallest absolute Gasteiger partial charge is 0.415 e. The number of pyridine rings is 1. The number of anilines is 1. The second-order valence-corrected chi connectivity index (χ2v) is 7.62. The second kappa shape index (κ2) is 8.05. The zero-order valence-corrected chi connectivity index (χ0v) is 16.9. The van der Waals surface area contributed by atoms with Crippen molar-refractivity contribution >= 4 is 17.6 Å². The Morgan fingerprint density at radius 1 is 1.31 bits per heavy atom. The molecule has 0 spiro atoms. The van der Waals surface area contributed by atoms with Gasteiger partial charge in [-0.25, -0.2) is 9.38 Å². The van der Waals surface area contributed by atoms with Crippen molar-refractivity contribution in [1.82, 2.24) is 4.98 Å². The molecule has 2 aliphatic heterocycles. The highest BCUT2D eigenvalue weighted by Crippen LogP contribution is 2.50. The number of nitrogens with zero attached hydrogens (tertiary/aromatic N) is 2. The van der Waals surface area contributed by atoms with Crippen molar-refractivity contribution in [2.75, 3.05) is 18.5 Å². The average Bonchev–Trinajstić information content (AvgIpc) is 3.15. The molecule has 11 heteroatoms. The lowest BCUT2D eigenvalue weighted by Crippen LogP contribution is -2.48. The molecule has 1 saturated heterocycles. The van der Waals surface area contributed by atoms with Gasteiger partial charge in [-0.2, -0.15) is 13.2 Å². The molecular formula is C21H20F4N4O3. The molecule has 7 nitrogen and oxygen atoms in total. The summed E-state index contributed by atoms with van der Waals surface area (Å²) in [6.07, 6.45) is -4.57. The summed E-state index contributed by atoms with van der Waals surface area (Å²) in [6, 6.07) is 6.54. The van der Waals surface area contributed by atoms with Crippen LogP contribution in [0.15, 0.2) is 41.5 Å². The predicted octanol–water partition coefficient (Wildman–Crippen LogP) is 3.15. The Kier molecular flexibility index (Phi) is 5.53. The van der Waals surface area contributed by atoms with Crippen LogP contribution in [0.4, 0.5) is 23.2 Å². The molecule has 1 fully saturated rings. The topological polar surface area (TPSA) is 98.8 Å². The molecule has 1 unspecified atom stereocenters. The highest BCUT2D eigenvalue weighted by molar-refractivity contribution is 6.02. The third-order valence-electron chi connectivity index (χ3n) is 5.66. The van der Waals surface area contributed by atoms with Gasteiger partial charge in [0.1, 0.15) is 17.1 Å². The van der Waals surface area contributed by atoms with Crippen LogP contribution in [0.2, 0.25) is 0 Å². The molecule has 0 aliphatic carbocycles. The van der Waals surface area contributed by atoms with Crippen molar-refractivity contribution < 1.29 is 31.8 Å². The molecule has 0 radical (unpaired) electrons. The number of aryl methyl sites for hydroxylation is 1. The number of alkyl halides is 3. The lowest BCUT2D eigenvalue weighted by atomic mass is 9.77. The van der Waals surface area contributed by atoms with Gasteiger partial charge in [-0.1, -0.05) is 13.0 Å². The summed E-state index contributed by atoms with van der Waals surface area (Å²) in [4.78, 5) is 20.7. The Morgan fingerprint density at radius 2 is 2.09 bits per heavy atom. The highest BCUT2D eigenvalue weighted by Gasteiger charge is 2.62. The van der Waals surface area contributed by atoms with Crippen LogP contribution in [0.25, 0.3) is 0 Å². The standard InChI is InChI=1S/C21H20F4N4O3/c1-2-11-3-6-16(27-8-11)18(30)28-12-4-5-15(22)13(7-12)20-10-32-17(21(23,24)25)14(20)9-31-19(26)29-20/h3-8,14,17H,2,9-10H2,1H3,(H2,26,29)(H,28,30)/t14-,17+,20?/m1/s1. The van der Waals surface area contributed by atoms with E-state index in [-0.39, 0.29) is 23.0 Å². The van der Waals surface area contributed by atoms with Gasteiger partial charge < -0.3 is 20.5 Å². The molecule has 4 rings (SSSR count). The number of aliphatic imine (C=N–C) groups is 1. The number of carbonyl (C=O) groups is 1. The largest absolute Gasteiger partial charge is 0.465 e. The molecule has 0 saturated carbocycles. The van der Waals surface area contributed by atoms with E-state index in [0.717, 1.165) is 18.1 Å². The molecule has 2 aliphatic rings. The number of benzene rings is 1. The number of amides is 1. The van der Waals surface area contributed by atoms with E-state index in [1.165, 1.54) is 12.1 Å². The predicted molar refractivity (Wildman–Crippen MR) is 107 cm³/mol. The van der Waals surface area contributed by atoms with Gasteiger partial charge in [-0.05, 0) is 36.2 Å². The Labute approximate surface area is 180 Å². The van der Waals surface area contributed by atoms with Crippen LogP contribution in [0.1, 0.15) is 28.5 Å². The second-order valence-electron chi connectivity index (χ2n) is 7.62. The molecular weight excluding hydrogens is 432 g/mol. The van der Waals surface area contributed by atoms with E-state index in [2.05, 4.69) is 15.3 Å². The Hall–Kier alpha value is -3.21. The molecule has 32 heavy (non-hydrogen) atoms. The van der Waals surface area contributed by atoms with Crippen LogP contribution in [0.5, 0.6) is 0 Å². The number of nitrogens with two attached hydrogens (primary N) is 1. The van der Waals surface area contributed by atoms with E-state index >= 15 is 0 Å². The van der Waals surface area contributed by atoms with Gasteiger partial charge >= 0.3 is 6.18 Å². The van der Waals surface area contributed by atoms with E-state index in [1.54, 1.807) is 18.3 Å². The van der Waals surface area contributed by atoms with Crippen molar-refractivity contribution in [3.63, 3.8) is 0 Å². The first-order valence-electron chi connectivity index (χ1n) is 9.87. The van der Waals surface area contributed by atoms with Gasteiger partial charge in [-0.15, -0.1) is 0 Å². The summed E-state index contributed by atoms with van der Waals surface area (Å²) in [5, 5.41) is 2.59. The van der Waals surface area contributed by atoms with Gasteiger partial charge in [0.15, 0.2) is 6.10 Å². The van der Waals surface area contributed by atoms with Crippen molar-refractivity contribution in [3.05, 3.63) is 59.2 Å². The number of hydrogen-bond acceptors (Lipinski definition) is 6. The summed E-state index contributed by atoms with van der Waals surface area (Å²) in [5.74, 6) is -2.70. The first-order chi connectivity index (χ1) is 15.1. The number of rotatable bonds is 4. The molecule has 3 N–H and O–H groups in total. The van der Waals surface area contributed by atoms with Gasteiger partial charge in [0.05, 0.1) is 19.1 Å². The van der Waals surface area contributed by atoms with Crippen LogP contribution in [0.3, 0.4) is 0 Å². The molecule has 3 atom stereocenters. The molecule has 1 amide bonds. The maximum atomic E-state index is 14.9. The first kappa shape index (κ1) is 22.0. The fourth-order valence-corrected chi connectivity index (χ4v) is 3.99. The number of hydrogen-bond donors (Lipinski definition) is 2. The monoisotopic (exact) mass is 452 g/mol. The molecule has 2 aromatic rings. The van der Waals surface area contributed by atoms with Crippen molar-refractivity contribution in [2.45, 2.75) is 31.2 Å². The third-order valence-corrected chi connectivity index (χ3v) is 5.66. The van der Waals surface area contributed by atoms with E-state index in [4.69, 9.17) is 15.2 Å². The highest BCUT2D eigenvalue weighted by atomic mass is 19.4. The van der Waals surface area contributed by atoms with E-state index < -0.39 is 48.7 Å². The maximum absolute atomic E-state index is 14.9. The summed E-state index contributed by atoms with van der Waals surface area (Å²) in [6.45, 7) is 0.967. The molecule has 1 aromatic carbocycles. The van der Waals surface area contributed by atoms with Crippen LogP contribution in [-0.4, -0.2) is 42.4 Å². The Morgan fingerprint density at radius 3 is 2.75 bits per heavy atom. The third kappa shape index (κ3) is 3.88. The van der Waals surface area contributed by atoms with Crippen LogP contribution < -0.4 is 11.1 Å². The van der Waals surface area contributed by atoms with Gasteiger partial charge in [0.25, 0.3) is 11.9 Å². The zero-order chi connectivity index (χ0) is 23.1.